The number of rotatable bonds is 9. The van der Waals surface area contributed by atoms with Gasteiger partial charge in [-0.25, -0.2) is 0 Å². The Hall–Kier alpha value is -2.61. The first-order chi connectivity index (χ1) is 13.6. The van der Waals surface area contributed by atoms with Crippen molar-refractivity contribution < 1.29 is 9.59 Å². The van der Waals surface area contributed by atoms with Crippen molar-refractivity contribution in [1.29, 1.82) is 0 Å². The van der Waals surface area contributed by atoms with Crippen molar-refractivity contribution in [3.63, 3.8) is 0 Å². The van der Waals surface area contributed by atoms with Crippen molar-refractivity contribution in [1.82, 2.24) is 20.1 Å². The normalized spacial score (nSPS) is 15.9. The molecular weight excluding hydrogens is 374 g/mol. The molecule has 28 heavy (non-hydrogen) atoms. The lowest BCUT2D eigenvalue weighted by Crippen LogP contribution is -2.25. The number of aromatic nitrogens is 3. The molecule has 146 valence electrons. The summed E-state index contributed by atoms with van der Waals surface area (Å²) in [5.41, 5.74) is 1.16. The lowest BCUT2D eigenvalue weighted by Gasteiger charge is -2.09. The maximum Gasteiger partial charge on any atom is 0.251 e. The van der Waals surface area contributed by atoms with E-state index in [-0.39, 0.29) is 17.6 Å². The highest BCUT2D eigenvalue weighted by molar-refractivity contribution is 7.99. The van der Waals surface area contributed by atoms with Crippen LogP contribution < -0.4 is 10.6 Å². The Labute approximate surface area is 168 Å². The molecule has 1 heterocycles. The minimum Gasteiger partial charge on any atom is -0.349 e. The fraction of sp³-hybridized carbons (Fsp3) is 0.400. The second-order valence-corrected chi connectivity index (χ2v) is 8.12. The third-order valence-electron chi connectivity index (χ3n) is 4.65. The average molecular weight is 398 g/mol. The van der Waals surface area contributed by atoms with Gasteiger partial charge in [0.1, 0.15) is 5.82 Å². The number of allylic oxidation sites excluding steroid dienone is 1. The molecule has 0 aliphatic heterocycles. The van der Waals surface area contributed by atoms with Crippen LogP contribution in [-0.4, -0.2) is 38.4 Å². The molecular formula is C20H23N5O2S. The van der Waals surface area contributed by atoms with Gasteiger partial charge < -0.3 is 15.2 Å². The molecule has 7 nitrogen and oxygen atoms in total. The van der Waals surface area contributed by atoms with Crippen LogP contribution in [0.3, 0.4) is 0 Å². The second kappa shape index (κ2) is 8.18. The van der Waals surface area contributed by atoms with Gasteiger partial charge in [-0.2, -0.15) is 0 Å². The third kappa shape index (κ3) is 4.62. The van der Waals surface area contributed by atoms with Crippen LogP contribution in [0.15, 0.2) is 42.1 Å². The van der Waals surface area contributed by atoms with Gasteiger partial charge >= 0.3 is 0 Å². The van der Waals surface area contributed by atoms with E-state index in [1.165, 1.54) is 11.8 Å². The summed E-state index contributed by atoms with van der Waals surface area (Å²) in [5.74, 6) is 1.44. The van der Waals surface area contributed by atoms with Gasteiger partial charge in [0.05, 0.1) is 5.75 Å². The number of amides is 2. The monoisotopic (exact) mass is 397 g/mol. The van der Waals surface area contributed by atoms with E-state index in [0.717, 1.165) is 36.7 Å². The molecule has 2 saturated carbocycles. The third-order valence-corrected chi connectivity index (χ3v) is 5.62. The summed E-state index contributed by atoms with van der Waals surface area (Å²) in [6.07, 6.45) is 6.18. The summed E-state index contributed by atoms with van der Waals surface area (Å²) in [6, 6.07) is 7.30. The molecule has 0 bridgehead atoms. The molecule has 0 atom stereocenters. The maximum absolute atomic E-state index is 12.4. The van der Waals surface area contributed by atoms with Crippen molar-refractivity contribution >= 4 is 29.3 Å². The molecule has 0 spiro atoms. The zero-order chi connectivity index (χ0) is 19.5. The van der Waals surface area contributed by atoms with Crippen LogP contribution in [0, 0.1) is 0 Å². The number of nitrogens with one attached hydrogen (secondary N) is 2. The Morgan fingerprint density at radius 1 is 1.25 bits per heavy atom. The molecule has 8 heteroatoms. The highest BCUT2D eigenvalue weighted by Crippen LogP contribution is 2.40. The van der Waals surface area contributed by atoms with Gasteiger partial charge in [-0.1, -0.05) is 23.9 Å². The van der Waals surface area contributed by atoms with E-state index >= 15 is 0 Å². The molecule has 2 fully saturated rings. The number of carbonyl (C=O) groups excluding carboxylic acids is 2. The van der Waals surface area contributed by atoms with Gasteiger partial charge in [0.25, 0.3) is 5.91 Å². The van der Waals surface area contributed by atoms with Crippen molar-refractivity contribution in [3.05, 3.63) is 48.3 Å². The summed E-state index contributed by atoms with van der Waals surface area (Å²) in [7, 11) is 0. The Bertz CT molecular complexity index is 902. The zero-order valence-corrected chi connectivity index (χ0v) is 16.4. The molecule has 2 amide bonds. The Kier molecular flexibility index (Phi) is 5.47. The molecule has 0 radical (unpaired) electrons. The quantitative estimate of drug-likeness (QED) is 0.502. The molecule has 2 aromatic rings. The van der Waals surface area contributed by atoms with Crippen LogP contribution in [0.25, 0.3) is 0 Å². The minimum absolute atomic E-state index is 0.0990. The summed E-state index contributed by atoms with van der Waals surface area (Å²) in [4.78, 5) is 24.5. The summed E-state index contributed by atoms with van der Waals surface area (Å²) >= 11 is 1.36. The van der Waals surface area contributed by atoms with Crippen LogP contribution in [0.1, 0.15) is 47.8 Å². The molecule has 0 unspecified atom stereocenters. The largest absolute Gasteiger partial charge is 0.349 e. The van der Waals surface area contributed by atoms with E-state index in [4.69, 9.17) is 0 Å². The summed E-state index contributed by atoms with van der Waals surface area (Å²) < 4.78 is 2.03. The van der Waals surface area contributed by atoms with Crippen LogP contribution in [0.2, 0.25) is 0 Å². The van der Waals surface area contributed by atoms with Gasteiger partial charge in [-0.05, 0) is 43.9 Å². The number of thioether (sulfide) groups is 1. The SMILES string of the molecule is C=CCn1c(SCC(=O)Nc2cccc(C(=O)NC3CC3)c2)nnc1C1CC1. The molecule has 2 aliphatic carbocycles. The van der Waals surface area contributed by atoms with Gasteiger partial charge in [-0.3, -0.25) is 9.59 Å². The summed E-state index contributed by atoms with van der Waals surface area (Å²) in [5, 5.41) is 15.1. The highest BCUT2D eigenvalue weighted by Gasteiger charge is 2.30. The predicted molar refractivity (Wildman–Crippen MR) is 108 cm³/mol. The maximum atomic E-state index is 12.4. The highest BCUT2D eigenvalue weighted by atomic mass is 32.2. The Balaban J connectivity index is 1.34. The van der Waals surface area contributed by atoms with Crippen molar-refractivity contribution in [2.24, 2.45) is 0 Å². The molecule has 0 saturated heterocycles. The smallest absolute Gasteiger partial charge is 0.251 e. The van der Waals surface area contributed by atoms with Crippen molar-refractivity contribution in [2.75, 3.05) is 11.1 Å². The van der Waals surface area contributed by atoms with Crippen LogP contribution >= 0.6 is 11.8 Å². The first-order valence-electron chi connectivity index (χ1n) is 9.51. The Morgan fingerprint density at radius 2 is 2.07 bits per heavy atom. The van der Waals surface area contributed by atoms with Gasteiger partial charge in [-0.15, -0.1) is 16.8 Å². The number of nitrogens with zero attached hydrogens (tertiary/aromatic N) is 3. The van der Waals surface area contributed by atoms with E-state index in [9.17, 15) is 9.59 Å². The summed E-state index contributed by atoms with van der Waals surface area (Å²) in [6.45, 7) is 4.43. The standard InChI is InChI=1S/C20H23N5O2S/c1-2-10-25-18(13-6-7-13)23-24-20(25)28-12-17(26)21-16-5-3-4-14(11-16)19(27)22-15-8-9-15/h2-5,11,13,15H,1,6-10,12H2,(H,21,26)(H,22,27). The zero-order valence-electron chi connectivity index (χ0n) is 15.6. The van der Waals surface area contributed by atoms with Gasteiger partial charge in [0.15, 0.2) is 5.16 Å². The van der Waals surface area contributed by atoms with Crippen molar-refractivity contribution in [3.8, 4) is 0 Å². The lowest BCUT2D eigenvalue weighted by atomic mass is 10.2. The molecule has 2 aliphatic rings. The number of hydrogen-bond donors (Lipinski definition) is 2. The van der Waals surface area contributed by atoms with Gasteiger partial charge in [0, 0.05) is 29.8 Å². The molecule has 2 N–H and O–H groups in total. The number of carbonyl (C=O) groups is 2. The molecule has 1 aromatic heterocycles. The number of anilines is 1. The van der Waals surface area contributed by atoms with E-state index in [1.54, 1.807) is 24.3 Å². The molecule has 4 rings (SSSR count). The number of hydrogen-bond acceptors (Lipinski definition) is 5. The fourth-order valence-electron chi connectivity index (χ4n) is 2.91. The van der Waals surface area contributed by atoms with E-state index in [0.29, 0.717) is 29.8 Å². The van der Waals surface area contributed by atoms with Crippen LogP contribution in [-0.2, 0) is 11.3 Å². The van der Waals surface area contributed by atoms with E-state index in [1.807, 2.05) is 10.6 Å². The topological polar surface area (TPSA) is 88.9 Å². The van der Waals surface area contributed by atoms with Crippen molar-refractivity contribution in [2.45, 2.75) is 49.3 Å². The average Bonchev–Trinajstić information content (AvgIpc) is 3.61. The minimum atomic E-state index is -0.147. The van der Waals surface area contributed by atoms with Crippen LogP contribution in [0.4, 0.5) is 5.69 Å². The molecule has 1 aromatic carbocycles. The van der Waals surface area contributed by atoms with E-state index in [2.05, 4.69) is 27.4 Å². The van der Waals surface area contributed by atoms with E-state index < -0.39 is 0 Å². The van der Waals surface area contributed by atoms with Gasteiger partial charge in [0.2, 0.25) is 5.91 Å². The fourth-order valence-corrected chi connectivity index (χ4v) is 3.67. The first-order valence-corrected chi connectivity index (χ1v) is 10.5. The first kappa shape index (κ1) is 18.7. The second-order valence-electron chi connectivity index (χ2n) is 7.18. The van der Waals surface area contributed by atoms with Crippen LogP contribution in [0.5, 0.6) is 0 Å². The lowest BCUT2D eigenvalue weighted by molar-refractivity contribution is -0.113. The number of benzene rings is 1. The Morgan fingerprint density at radius 3 is 2.79 bits per heavy atom. The predicted octanol–water partition coefficient (Wildman–Crippen LogP) is 2.96.